The Bertz CT molecular complexity index is 292. The average Bonchev–Trinajstić information content (AvgIpc) is 2.62. The number of thiophene rings is 1. The monoisotopic (exact) mass is 195 g/mol. The summed E-state index contributed by atoms with van der Waals surface area (Å²) < 4.78 is 0. The molecule has 1 aromatic rings. The lowest BCUT2D eigenvalue weighted by Gasteiger charge is -2.11. The molecular weight excluding hydrogens is 178 g/mol. The zero-order valence-corrected chi connectivity index (χ0v) is 9.32. The highest BCUT2D eigenvalue weighted by atomic mass is 32.1. The Morgan fingerprint density at radius 2 is 2.31 bits per heavy atom. The van der Waals surface area contributed by atoms with Crippen molar-refractivity contribution >= 4 is 11.3 Å². The van der Waals surface area contributed by atoms with Crippen molar-refractivity contribution in [1.82, 2.24) is 5.32 Å². The van der Waals surface area contributed by atoms with Crippen molar-refractivity contribution in [2.24, 2.45) is 5.92 Å². The van der Waals surface area contributed by atoms with Gasteiger partial charge in [0.25, 0.3) is 0 Å². The van der Waals surface area contributed by atoms with Crippen molar-refractivity contribution in [3.8, 4) is 0 Å². The van der Waals surface area contributed by atoms with E-state index < -0.39 is 0 Å². The summed E-state index contributed by atoms with van der Waals surface area (Å²) in [4.78, 5) is 1.41. The van der Waals surface area contributed by atoms with Crippen LogP contribution in [-0.4, -0.2) is 6.04 Å². The second-order valence-electron chi connectivity index (χ2n) is 4.20. The van der Waals surface area contributed by atoms with Crippen LogP contribution in [-0.2, 0) is 0 Å². The van der Waals surface area contributed by atoms with E-state index >= 15 is 0 Å². The van der Waals surface area contributed by atoms with E-state index in [1.807, 2.05) is 11.3 Å². The van der Waals surface area contributed by atoms with Gasteiger partial charge >= 0.3 is 0 Å². The Morgan fingerprint density at radius 1 is 1.62 bits per heavy atom. The molecular formula is C11H17NS. The molecule has 1 nitrogen and oxygen atoms in total. The van der Waals surface area contributed by atoms with E-state index in [0.29, 0.717) is 6.04 Å². The zero-order valence-electron chi connectivity index (χ0n) is 8.50. The standard InChI is InChI=1S/C11H17NS/c1-7-4-11(7)12-9(3)10-5-8(2)13-6-10/h5-7,9,11-12H,4H2,1-3H3. The summed E-state index contributed by atoms with van der Waals surface area (Å²) in [5.74, 6) is 0.891. The Balaban J connectivity index is 1.93. The summed E-state index contributed by atoms with van der Waals surface area (Å²) in [6.45, 7) is 6.73. The zero-order chi connectivity index (χ0) is 9.42. The predicted octanol–water partition coefficient (Wildman–Crippen LogP) is 3.12. The van der Waals surface area contributed by atoms with Gasteiger partial charge in [0, 0.05) is 17.0 Å². The minimum atomic E-state index is 0.528. The third kappa shape index (κ3) is 2.12. The minimum absolute atomic E-state index is 0.528. The Labute approximate surface area is 84.2 Å². The molecule has 0 bridgehead atoms. The van der Waals surface area contributed by atoms with Gasteiger partial charge in [-0.2, -0.15) is 0 Å². The molecule has 2 rings (SSSR count). The quantitative estimate of drug-likeness (QED) is 0.781. The van der Waals surface area contributed by atoms with Crippen molar-refractivity contribution in [3.63, 3.8) is 0 Å². The molecule has 0 radical (unpaired) electrons. The molecule has 0 aliphatic heterocycles. The molecule has 1 aromatic heterocycles. The first-order valence-electron chi connectivity index (χ1n) is 4.98. The first-order valence-corrected chi connectivity index (χ1v) is 5.86. The molecule has 3 atom stereocenters. The van der Waals surface area contributed by atoms with Crippen molar-refractivity contribution in [2.45, 2.75) is 39.3 Å². The fourth-order valence-corrected chi connectivity index (χ4v) is 2.46. The van der Waals surface area contributed by atoms with E-state index in [2.05, 4.69) is 37.5 Å². The van der Waals surface area contributed by atoms with Gasteiger partial charge < -0.3 is 5.32 Å². The van der Waals surface area contributed by atoms with Crippen LogP contribution < -0.4 is 5.32 Å². The highest BCUT2D eigenvalue weighted by Crippen LogP contribution is 2.32. The van der Waals surface area contributed by atoms with Crippen LogP contribution in [0.2, 0.25) is 0 Å². The first-order chi connectivity index (χ1) is 6.16. The highest BCUT2D eigenvalue weighted by molar-refractivity contribution is 7.10. The van der Waals surface area contributed by atoms with Gasteiger partial charge in [0.05, 0.1) is 0 Å². The van der Waals surface area contributed by atoms with Crippen LogP contribution in [0.15, 0.2) is 11.4 Å². The molecule has 72 valence electrons. The lowest BCUT2D eigenvalue weighted by Crippen LogP contribution is -2.21. The topological polar surface area (TPSA) is 12.0 Å². The smallest absolute Gasteiger partial charge is 0.0302 e. The molecule has 0 amide bonds. The number of aryl methyl sites for hydroxylation is 1. The van der Waals surface area contributed by atoms with Gasteiger partial charge in [-0.15, -0.1) is 11.3 Å². The van der Waals surface area contributed by atoms with Crippen LogP contribution in [0.25, 0.3) is 0 Å². The van der Waals surface area contributed by atoms with E-state index in [1.165, 1.54) is 16.9 Å². The average molecular weight is 195 g/mol. The third-order valence-corrected chi connectivity index (χ3v) is 3.70. The summed E-state index contributed by atoms with van der Waals surface area (Å²) >= 11 is 1.84. The molecule has 0 aromatic carbocycles. The van der Waals surface area contributed by atoms with E-state index in [4.69, 9.17) is 0 Å². The minimum Gasteiger partial charge on any atom is -0.307 e. The molecule has 1 N–H and O–H groups in total. The van der Waals surface area contributed by atoms with Crippen LogP contribution in [0.4, 0.5) is 0 Å². The summed E-state index contributed by atoms with van der Waals surface area (Å²) in [6.07, 6.45) is 1.35. The van der Waals surface area contributed by atoms with Gasteiger partial charge in [0.2, 0.25) is 0 Å². The van der Waals surface area contributed by atoms with Crippen LogP contribution in [0, 0.1) is 12.8 Å². The van der Waals surface area contributed by atoms with Crippen LogP contribution >= 0.6 is 11.3 Å². The predicted molar refractivity (Wildman–Crippen MR) is 58.2 cm³/mol. The van der Waals surface area contributed by atoms with Crippen molar-refractivity contribution in [1.29, 1.82) is 0 Å². The maximum atomic E-state index is 3.64. The molecule has 1 fully saturated rings. The van der Waals surface area contributed by atoms with E-state index in [0.717, 1.165) is 12.0 Å². The van der Waals surface area contributed by atoms with Crippen LogP contribution in [0.1, 0.15) is 36.8 Å². The summed E-state index contributed by atoms with van der Waals surface area (Å²) in [5, 5.41) is 5.90. The summed E-state index contributed by atoms with van der Waals surface area (Å²) in [5.41, 5.74) is 1.45. The van der Waals surface area contributed by atoms with Gasteiger partial charge in [-0.3, -0.25) is 0 Å². The second-order valence-corrected chi connectivity index (χ2v) is 5.31. The summed E-state index contributed by atoms with van der Waals surface area (Å²) in [7, 11) is 0. The highest BCUT2D eigenvalue weighted by Gasteiger charge is 2.33. The normalized spacial score (nSPS) is 28.8. The van der Waals surface area contributed by atoms with Gasteiger partial charge in [-0.1, -0.05) is 6.92 Å². The van der Waals surface area contributed by atoms with Crippen molar-refractivity contribution < 1.29 is 0 Å². The molecule has 0 saturated heterocycles. The largest absolute Gasteiger partial charge is 0.307 e. The van der Waals surface area contributed by atoms with Gasteiger partial charge in [-0.25, -0.2) is 0 Å². The number of rotatable bonds is 3. The number of hydrogen-bond acceptors (Lipinski definition) is 2. The molecule has 1 heterocycles. The van der Waals surface area contributed by atoms with E-state index in [1.54, 1.807) is 0 Å². The van der Waals surface area contributed by atoms with E-state index in [9.17, 15) is 0 Å². The Kier molecular flexibility index (Phi) is 2.43. The molecule has 0 spiro atoms. The van der Waals surface area contributed by atoms with Crippen LogP contribution in [0.5, 0.6) is 0 Å². The lowest BCUT2D eigenvalue weighted by atomic mass is 10.1. The maximum absolute atomic E-state index is 3.64. The van der Waals surface area contributed by atoms with Crippen molar-refractivity contribution in [2.75, 3.05) is 0 Å². The SMILES string of the molecule is Cc1cc(C(C)NC2CC2C)cs1. The lowest BCUT2D eigenvalue weighted by molar-refractivity contribution is 0.553. The first kappa shape index (κ1) is 9.22. The van der Waals surface area contributed by atoms with Gasteiger partial charge in [0.1, 0.15) is 0 Å². The molecule has 2 heteroatoms. The molecule has 1 saturated carbocycles. The fourth-order valence-electron chi connectivity index (χ4n) is 1.66. The molecule has 13 heavy (non-hydrogen) atoms. The number of hydrogen-bond donors (Lipinski definition) is 1. The van der Waals surface area contributed by atoms with Crippen LogP contribution in [0.3, 0.4) is 0 Å². The maximum Gasteiger partial charge on any atom is 0.0302 e. The summed E-state index contributed by atoms with van der Waals surface area (Å²) in [6, 6.07) is 3.59. The second kappa shape index (κ2) is 3.43. The van der Waals surface area contributed by atoms with Gasteiger partial charge in [-0.05, 0) is 43.2 Å². The third-order valence-electron chi connectivity index (χ3n) is 2.82. The fraction of sp³-hybridized carbons (Fsp3) is 0.636. The molecule has 3 unspecified atom stereocenters. The van der Waals surface area contributed by atoms with Gasteiger partial charge in [0.15, 0.2) is 0 Å². The Hall–Kier alpha value is -0.340. The molecule has 1 aliphatic carbocycles. The number of nitrogens with one attached hydrogen (secondary N) is 1. The molecule has 1 aliphatic rings. The van der Waals surface area contributed by atoms with Crippen molar-refractivity contribution in [3.05, 3.63) is 21.9 Å². The van der Waals surface area contributed by atoms with E-state index in [-0.39, 0.29) is 0 Å². The Morgan fingerprint density at radius 3 is 2.77 bits per heavy atom.